The summed E-state index contributed by atoms with van der Waals surface area (Å²) in [4.78, 5) is 23.1. The molecule has 2 rings (SSSR count). The van der Waals surface area contributed by atoms with Gasteiger partial charge in [0.1, 0.15) is 12.1 Å². The summed E-state index contributed by atoms with van der Waals surface area (Å²) in [5, 5.41) is 11.8. The lowest BCUT2D eigenvalue weighted by Crippen LogP contribution is -2.45. The van der Waals surface area contributed by atoms with Gasteiger partial charge in [-0.15, -0.1) is 6.58 Å². The van der Waals surface area contributed by atoms with Gasteiger partial charge in [-0.25, -0.2) is 9.59 Å². The topological polar surface area (TPSA) is 75.6 Å². The number of carboxylic acids is 1. The molecule has 3 atom stereocenters. The first-order chi connectivity index (χ1) is 10.1. The van der Waals surface area contributed by atoms with E-state index >= 15 is 0 Å². The number of rotatable bonds is 8. The number of carboxylic acid groups (broad SMARTS) is 1. The van der Waals surface area contributed by atoms with Gasteiger partial charge in [0.05, 0.1) is 0 Å². The number of ether oxygens (including phenoxy) is 1. The number of unbranched alkanes of at least 4 members (excludes halogenated alkanes) is 1. The number of amides is 1. The van der Waals surface area contributed by atoms with Crippen molar-refractivity contribution >= 4 is 12.1 Å². The van der Waals surface area contributed by atoms with E-state index in [1.807, 2.05) is 6.08 Å². The lowest BCUT2D eigenvalue weighted by molar-refractivity contribution is -0.140. The first-order valence-corrected chi connectivity index (χ1v) is 7.92. The number of hydrogen-bond donors (Lipinski definition) is 2. The molecule has 2 N–H and O–H groups in total. The molecule has 0 saturated heterocycles. The second-order valence-electron chi connectivity index (χ2n) is 6.16. The fraction of sp³-hybridized carbons (Fsp3) is 0.750. The summed E-state index contributed by atoms with van der Waals surface area (Å²) in [5.41, 5.74) is 0. The highest BCUT2D eigenvalue weighted by molar-refractivity contribution is 5.80. The van der Waals surface area contributed by atoms with Crippen LogP contribution in [0.2, 0.25) is 0 Å². The largest absolute Gasteiger partial charge is 0.480 e. The van der Waals surface area contributed by atoms with Crippen LogP contribution in [0.4, 0.5) is 4.79 Å². The Morgan fingerprint density at radius 1 is 1.38 bits per heavy atom. The second-order valence-corrected chi connectivity index (χ2v) is 6.16. The molecule has 0 heterocycles. The lowest BCUT2D eigenvalue weighted by atomic mass is 9.98. The van der Waals surface area contributed by atoms with E-state index in [2.05, 4.69) is 11.9 Å². The molecule has 0 spiro atoms. The molecule has 0 unspecified atom stereocenters. The first kappa shape index (κ1) is 15.9. The van der Waals surface area contributed by atoms with E-state index in [0.717, 1.165) is 51.4 Å². The number of nitrogens with one attached hydrogen (secondary N) is 1. The summed E-state index contributed by atoms with van der Waals surface area (Å²) in [7, 11) is 0. The van der Waals surface area contributed by atoms with E-state index in [-0.39, 0.29) is 12.0 Å². The van der Waals surface area contributed by atoms with Crippen LogP contribution < -0.4 is 5.32 Å². The normalized spacial score (nSPS) is 26.1. The van der Waals surface area contributed by atoms with Gasteiger partial charge in [-0.05, 0) is 50.4 Å². The maximum absolute atomic E-state index is 11.8. The smallest absolute Gasteiger partial charge is 0.408 e. The zero-order valence-corrected chi connectivity index (χ0v) is 12.4. The number of allylic oxidation sites excluding steroid dienone is 1. The van der Waals surface area contributed by atoms with Gasteiger partial charge in [0, 0.05) is 0 Å². The van der Waals surface area contributed by atoms with Crippen molar-refractivity contribution in [1.82, 2.24) is 5.32 Å². The molecule has 0 aromatic carbocycles. The van der Waals surface area contributed by atoms with E-state index in [1.165, 1.54) is 0 Å². The minimum absolute atomic E-state index is 0.0344. The Balaban J connectivity index is 1.71. The van der Waals surface area contributed by atoms with E-state index in [4.69, 9.17) is 4.74 Å². The Kier molecular flexibility index (Phi) is 5.65. The maximum atomic E-state index is 11.8. The molecular weight excluding hydrogens is 270 g/mol. The molecule has 2 aliphatic rings. The Morgan fingerprint density at radius 3 is 2.71 bits per heavy atom. The summed E-state index contributed by atoms with van der Waals surface area (Å²) in [6.07, 6.45) is 9.07. The van der Waals surface area contributed by atoms with Crippen molar-refractivity contribution in [3.05, 3.63) is 12.7 Å². The van der Waals surface area contributed by atoms with Crippen LogP contribution >= 0.6 is 0 Å². The molecular formula is C16H25NO4. The van der Waals surface area contributed by atoms with E-state index in [1.54, 1.807) is 0 Å². The van der Waals surface area contributed by atoms with Gasteiger partial charge in [-0.3, -0.25) is 0 Å². The minimum atomic E-state index is -0.961. The highest BCUT2D eigenvalue weighted by atomic mass is 16.6. The van der Waals surface area contributed by atoms with Gasteiger partial charge in [0.2, 0.25) is 0 Å². The van der Waals surface area contributed by atoms with Gasteiger partial charge in [0.25, 0.3) is 0 Å². The predicted octanol–water partition coefficient (Wildman–Crippen LogP) is 3.10. The van der Waals surface area contributed by atoms with Crippen molar-refractivity contribution in [2.45, 2.75) is 63.5 Å². The maximum Gasteiger partial charge on any atom is 0.408 e. The van der Waals surface area contributed by atoms with Crippen LogP contribution in [0, 0.1) is 11.8 Å². The van der Waals surface area contributed by atoms with Crippen molar-refractivity contribution in [2.24, 2.45) is 11.8 Å². The SMILES string of the molecule is C=CCCC[C@@H]1C[C@H]1OC(=O)N[C@H](C(=O)O)C1CCCC1. The van der Waals surface area contributed by atoms with Crippen LogP contribution in [0.5, 0.6) is 0 Å². The molecule has 1 amide bonds. The third-order valence-electron chi connectivity index (χ3n) is 4.51. The third-order valence-corrected chi connectivity index (χ3v) is 4.51. The molecule has 0 aromatic rings. The van der Waals surface area contributed by atoms with Crippen LogP contribution in [0.15, 0.2) is 12.7 Å². The highest BCUT2D eigenvalue weighted by Gasteiger charge is 2.41. The average molecular weight is 295 g/mol. The van der Waals surface area contributed by atoms with E-state index < -0.39 is 18.1 Å². The van der Waals surface area contributed by atoms with Crippen LogP contribution in [-0.2, 0) is 9.53 Å². The molecule has 2 saturated carbocycles. The lowest BCUT2D eigenvalue weighted by Gasteiger charge is -2.20. The van der Waals surface area contributed by atoms with Gasteiger partial charge in [0.15, 0.2) is 0 Å². The van der Waals surface area contributed by atoms with E-state index in [9.17, 15) is 14.7 Å². The Labute approximate surface area is 125 Å². The standard InChI is InChI=1S/C16H25NO4/c1-2-3-4-9-12-10-13(12)21-16(20)17-14(15(18)19)11-7-5-6-8-11/h2,11-14H,1,3-10H2,(H,17,20)(H,18,19)/t12-,13-,14+/m1/s1. The molecule has 118 valence electrons. The summed E-state index contributed by atoms with van der Waals surface area (Å²) in [6, 6.07) is -0.807. The quantitative estimate of drug-likeness (QED) is 0.533. The summed E-state index contributed by atoms with van der Waals surface area (Å²) in [5.74, 6) is -0.486. The molecule has 21 heavy (non-hydrogen) atoms. The van der Waals surface area contributed by atoms with Gasteiger partial charge >= 0.3 is 12.1 Å². The molecule has 2 fully saturated rings. The molecule has 5 heteroatoms. The number of aliphatic carboxylic acids is 1. The second kappa shape index (κ2) is 7.48. The van der Waals surface area contributed by atoms with Crippen molar-refractivity contribution < 1.29 is 19.4 Å². The van der Waals surface area contributed by atoms with Crippen molar-refractivity contribution in [3.63, 3.8) is 0 Å². The fourth-order valence-corrected chi connectivity index (χ4v) is 3.16. The van der Waals surface area contributed by atoms with Crippen LogP contribution in [0.3, 0.4) is 0 Å². The molecule has 0 aromatic heterocycles. The number of hydrogen-bond acceptors (Lipinski definition) is 3. The zero-order valence-electron chi connectivity index (χ0n) is 12.4. The fourth-order valence-electron chi connectivity index (χ4n) is 3.16. The Bertz CT molecular complexity index is 390. The summed E-state index contributed by atoms with van der Waals surface area (Å²) < 4.78 is 5.31. The highest BCUT2D eigenvalue weighted by Crippen LogP contribution is 2.38. The van der Waals surface area contributed by atoms with E-state index in [0.29, 0.717) is 5.92 Å². The van der Waals surface area contributed by atoms with Crippen molar-refractivity contribution in [3.8, 4) is 0 Å². The predicted molar refractivity (Wildman–Crippen MR) is 78.9 cm³/mol. The third kappa shape index (κ3) is 4.76. The van der Waals surface area contributed by atoms with Crippen LogP contribution in [0.1, 0.15) is 51.4 Å². The van der Waals surface area contributed by atoms with Gasteiger partial charge in [-0.1, -0.05) is 18.9 Å². The van der Waals surface area contributed by atoms with Crippen molar-refractivity contribution in [1.29, 1.82) is 0 Å². The molecule has 0 radical (unpaired) electrons. The molecule has 0 bridgehead atoms. The number of carbonyl (C=O) groups is 2. The van der Waals surface area contributed by atoms with Crippen LogP contribution in [-0.4, -0.2) is 29.3 Å². The molecule has 5 nitrogen and oxygen atoms in total. The van der Waals surface area contributed by atoms with Crippen molar-refractivity contribution in [2.75, 3.05) is 0 Å². The average Bonchev–Trinajstić information content (AvgIpc) is 2.95. The minimum Gasteiger partial charge on any atom is -0.480 e. The first-order valence-electron chi connectivity index (χ1n) is 7.92. The molecule has 0 aliphatic heterocycles. The van der Waals surface area contributed by atoms with Crippen LogP contribution in [0.25, 0.3) is 0 Å². The van der Waals surface area contributed by atoms with Gasteiger partial charge < -0.3 is 15.2 Å². The van der Waals surface area contributed by atoms with Gasteiger partial charge in [-0.2, -0.15) is 0 Å². The number of alkyl carbamates (subject to hydrolysis) is 1. The monoisotopic (exact) mass is 295 g/mol. The Morgan fingerprint density at radius 2 is 2.10 bits per heavy atom. The zero-order chi connectivity index (χ0) is 15.2. The summed E-state index contributed by atoms with van der Waals surface area (Å²) in [6.45, 7) is 3.68. The molecule has 2 aliphatic carbocycles. The summed E-state index contributed by atoms with van der Waals surface area (Å²) >= 11 is 0. The Hall–Kier alpha value is -1.52. The number of carbonyl (C=O) groups excluding carboxylic acids is 1.